The first kappa shape index (κ1) is 14.7. The van der Waals surface area contributed by atoms with E-state index in [1.54, 1.807) is 22.2 Å². The number of anilines is 2. The number of hydrogen-bond acceptors (Lipinski definition) is 3. The third-order valence-electron chi connectivity index (χ3n) is 5.11. The molecule has 2 aliphatic rings. The predicted octanol–water partition coefficient (Wildman–Crippen LogP) is 2.17. The highest BCUT2D eigenvalue weighted by Crippen LogP contribution is 2.50. The minimum absolute atomic E-state index is 0.0563. The molecule has 0 bridgehead atoms. The van der Waals surface area contributed by atoms with Gasteiger partial charge in [0.15, 0.2) is 0 Å². The summed E-state index contributed by atoms with van der Waals surface area (Å²) >= 11 is 0. The van der Waals surface area contributed by atoms with Crippen LogP contribution in [0.1, 0.15) is 18.4 Å². The Labute approximate surface area is 139 Å². The lowest BCUT2D eigenvalue weighted by Crippen LogP contribution is -2.50. The van der Waals surface area contributed by atoms with Crippen molar-refractivity contribution in [2.75, 3.05) is 18.0 Å². The number of urea groups is 1. The third kappa shape index (κ3) is 1.99. The summed E-state index contributed by atoms with van der Waals surface area (Å²) in [4.78, 5) is 32.3. The van der Waals surface area contributed by atoms with Gasteiger partial charge in [-0.15, -0.1) is 0 Å². The standard InChI is InChI=1S/C18H18N4O2/c19-17(24)21-10-7-18(8-11-21)14-5-1-2-6-15(14)22(16(18)23)13-4-3-9-20-12-13/h1-6,9,12H,7-8,10-11H2,(H2,19,24). The number of hydrogen-bond donors (Lipinski definition) is 1. The van der Waals surface area contributed by atoms with Gasteiger partial charge in [0, 0.05) is 19.3 Å². The molecule has 4 rings (SSSR count). The lowest BCUT2D eigenvalue weighted by molar-refractivity contribution is -0.124. The van der Waals surface area contributed by atoms with Crippen LogP contribution in [-0.4, -0.2) is 34.9 Å². The van der Waals surface area contributed by atoms with Crippen LogP contribution in [0.15, 0.2) is 48.8 Å². The second kappa shape index (κ2) is 5.33. The molecule has 24 heavy (non-hydrogen) atoms. The maximum absolute atomic E-state index is 13.4. The van der Waals surface area contributed by atoms with Crippen LogP contribution >= 0.6 is 0 Å². The Kier molecular flexibility index (Phi) is 3.26. The van der Waals surface area contributed by atoms with Gasteiger partial charge in [-0.3, -0.25) is 14.7 Å². The van der Waals surface area contributed by atoms with Gasteiger partial charge in [0.25, 0.3) is 0 Å². The van der Waals surface area contributed by atoms with Crippen molar-refractivity contribution in [3.05, 3.63) is 54.4 Å². The molecule has 6 heteroatoms. The summed E-state index contributed by atoms with van der Waals surface area (Å²) in [5.41, 5.74) is 7.50. The average Bonchev–Trinajstić information content (AvgIpc) is 2.85. The number of carbonyl (C=O) groups excluding carboxylic acids is 2. The molecular weight excluding hydrogens is 304 g/mol. The molecule has 0 unspecified atom stereocenters. The number of piperidine rings is 1. The first-order chi connectivity index (χ1) is 11.6. The van der Waals surface area contributed by atoms with E-state index in [4.69, 9.17) is 5.73 Å². The van der Waals surface area contributed by atoms with E-state index in [1.165, 1.54) is 0 Å². The molecule has 1 aromatic heterocycles. The smallest absolute Gasteiger partial charge is 0.314 e. The Morgan fingerprint density at radius 2 is 1.88 bits per heavy atom. The molecular formula is C18H18N4O2. The number of nitrogens with two attached hydrogens (primary N) is 1. The van der Waals surface area contributed by atoms with Crippen molar-refractivity contribution in [2.45, 2.75) is 18.3 Å². The zero-order valence-corrected chi connectivity index (χ0v) is 13.2. The molecule has 1 fully saturated rings. The molecule has 0 aliphatic carbocycles. The molecule has 1 aromatic carbocycles. The van der Waals surface area contributed by atoms with Crippen molar-refractivity contribution in [1.29, 1.82) is 0 Å². The van der Waals surface area contributed by atoms with Crippen LogP contribution in [0.2, 0.25) is 0 Å². The van der Waals surface area contributed by atoms with Gasteiger partial charge in [0.05, 0.1) is 23.0 Å². The highest BCUT2D eigenvalue weighted by atomic mass is 16.2. The average molecular weight is 322 g/mol. The van der Waals surface area contributed by atoms with Crippen LogP contribution in [0.5, 0.6) is 0 Å². The lowest BCUT2D eigenvalue weighted by Gasteiger charge is -2.37. The summed E-state index contributed by atoms with van der Waals surface area (Å²) in [6.45, 7) is 0.993. The highest BCUT2D eigenvalue weighted by molar-refractivity contribution is 6.13. The molecule has 3 heterocycles. The second-order valence-corrected chi connectivity index (χ2v) is 6.28. The number of likely N-dealkylation sites (tertiary alicyclic amines) is 1. The summed E-state index contributed by atoms with van der Waals surface area (Å²) < 4.78 is 0. The van der Waals surface area contributed by atoms with Gasteiger partial charge in [-0.25, -0.2) is 4.79 Å². The van der Waals surface area contributed by atoms with Crippen LogP contribution in [0, 0.1) is 0 Å². The maximum Gasteiger partial charge on any atom is 0.314 e. The number of rotatable bonds is 1. The summed E-state index contributed by atoms with van der Waals surface area (Å²) in [5, 5.41) is 0. The number of pyridine rings is 1. The molecule has 3 amide bonds. The minimum Gasteiger partial charge on any atom is -0.351 e. The summed E-state index contributed by atoms with van der Waals surface area (Å²) in [5.74, 6) is 0.0563. The van der Waals surface area contributed by atoms with Crippen molar-refractivity contribution in [2.24, 2.45) is 5.73 Å². The number of amides is 3. The predicted molar refractivity (Wildman–Crippen MR) is 89.9 cm³/mol. The Bertz CT molecular complexity index is 798. The maximum atomic E-state index is 13.4. The van der Waals surface area contributed by atoms with Crippen molar-refractivity contribution >= 4 is 23.3 Å². The van der Waals surface area contributed by atoms with Gasteiger partial charge in [0.1, 0.15) is 0 Å². The van der Waals surface area contributed by atoms with E-state index < -0.39 is 11.4 Å². The fraction of sp³-hybridized carbons (Fsp3) is 0.278. The first-order valence-corrected chi connectivity index (χ1v) is 8.02. The van der Waals surface area contributed by atoms with Gasteiger partial charge < -0.3 is 10.6 Å². The van der Waals surface area contributed by atoms with E-state index in [2.05, 4.69) is 4.98 Å². The van der Waals surface area contributed by atoms with E-state index in [0.29, 0.717) is 25.9 Å². The summed E-state index contributed by atoms with van der Waals surface area (Å²) in [6.07, 6.45) is 4.56. The van der Waals surface area contributed by atoms with Crippen molar-refractivity contribution in [1.82, 2.24) is 9.88 Å². The highest BCUT2D eigenvalue weighted by Gasteiger charge is 2.52. The topological polar surface area (TPSA) is 79.5 Å². The summed E-state index contributed by atoms with van der Waals surface area (Å²) in [6, 6.07) is 11.2. The number of carbonyl (C=O) groups is 2. The van der Waals surface area contributed by atoms with Crippen LogP contribution in [0.25, 0.3) is 0 Å². The molecule has 0 atom stereocenters. The molecule has 2 aromatic rings. The van der Waals surface area contributed by atoms with Crippen LogP contribution in [0.4, 0.5) is 16.2 Å². The quantitative estimate of drug-likeness (QED) is 0.874. The molecule has 0 saturated carbocycles. The number of fused-ring (bicyclic) bond motifs is 2. The van der Waals surface area contributed by atoms with Gasteiger partial charge in [-0.1, -0.05) is 18.2 Å². The van der Waals surface area contributed by atoms with Crippen LogP contribution < -0.4 is 10.6 Å². The molecule has 0 radical (unpaired) electrons. The van der Waals surface area contributed by atoms with E-state index in [1.807, 2.05) is 36.4 Å². The minimum atomic E-state index is -0.585. The zero-order valence-electron chi connectivity index (χ0n) is 13.2. The Balaban J connectivity index is 1.78. The van der Waals surface area contributed by atoms with Gasteiger partial charge >= 0.3 is 6.03 Å². The molecule has 6 nitrogen and oxygen atoms in total. The van der Waals surface area contributed by atoms with Crippen molar-refractivity contribution in [3.63, 3.8) is 0 Å². The summed E-state index contributed by atoms with van der Waals surface area (Å²) in [7, 11) is 0. The van der Waals surface area contributed by atoms with E-state index in [0.717, 1.165) is 16.9 Å². The lowest BCUT2D eigenvalue weighted by atomic mass is 9.73. The van der Waals surface area contributed by atoms with Gasteiger partial charge in [-0.05, 0) is 36.6 Å². The largest absolute Gasteiger partial charge is 0.351 e. The van der Waals surface area contributed by atoms with E-state index in [9.17, 15) is 9.59 Å². The van der Waals surface area contributed by atoms with Gasteiger partial charge in [0.2, 0.25) is 5.91 Å². The second-order valence-electron chi connectivity index (χ2n) is 6.28. The third-order valence-corrected chi connectivity index (χ3v) is 5.11. The first-order valence-electron chi connectivity index (χ1n) is 8.02. The number of primary amides is 1. The Morgan fingerprint density at radius 1 is 1.12 bits per heavy atom. The van der Waals surface area contributed by atoms with E-state index in [-0.39, 0.29) is 5.91 Å². The van der Waals surface area contributed by atoms with Crippen LogP contribution in [-0.2, 0) is 10.2 Å². The zero-order chi connectivity index (χ0) is 16.7. The fourth-order valence-corrected chi connectivity index (χ4v) is 3.85. The fourth-order valence-electron chi connectivity index (χ4n) is 3.85. The Morgan fingerprint density at radius 3 is 2.54 bits per heavy atom. The number of para-hydroxylation sites is 1. The molecule has 1 saturated heterocycles. The molecule has 1 spiro atoms. The van der Waals surface area contributed by atoms with E-state index >= 15 is 0 Å². The SMILES string of the molecule is NC(=O)N1CCC2(CC1)C(=O)N(c1cccnc1)c1ccccc12. The number of aromatic nitrogens is 1. The normalized spacial score (nSPS) is 18.8. The Hall–Kier alpha value is -2.89. The van der Waals surface area contributed by atoms with Crippen molar-refractivity contribution in [3.8, 4) is 0 Å². The van der Waals surface area contributed by atoms with Crippen molar-refractivity contribution < 1.29 is 9.59 Å². The molecule has 122 valence electrons. The number of benzene rings is 1. The molecule has 2 N–H and O–H groups in total. The van der Waals surface area contributed by atoms with Crippen LogP contribution in [0.3, 0.4) is 0 Å². The monoisotopic (exact) mass is 322 g/mol. The number of nitrogens with zero attached hydrogens (tertiary/aromatic N) is 3. The molecule has 2 aliphatic heterocycles. The van der Waals surface area contributed by atoms with Gasteiger partial charge in [-0.2, -0.15) is 0 Å².